The summed E-state index contributed by atoms with van der Waals surface area (Å²) in [6.07, 6.45) is -5.04. The van der Waals surface area contributed by atoms with Gasteiger partial charge >= 0.3 is 6.36 Å². The van der Waals surface area contributed by atoms with E-state index in [2.05, 4.69) is 9.64 Å². The van der Waals surface area contributed by atoms with Crippen LogP contribution in [-0.4, -0.2) is 56.7 Å². The van der Waals surface area contributed by atoms with E-state index in [0.717, 1.165) is 17.7 Å². The van der Waals surface area contributed by atoms with E-state index < -0.39 is 34.6 Å². The fraction of sp³-hybridized carbons (Fsp3) is 0.316. The standard InChI is InChI=1S/C19H19ClF3N3O4S/c20-15-3-1-2-13(10-15)12-25-6-8-26(9-7-25)18(27)14-4-5-16(24-31(28)29)17(11-14)30-19(21,22)23/h1-5,10-11,31H,6-9,12H2,(H,24,28,29). The topological polar surface area (TPSA) is 78.9 Å². The van der Waals surface area contributed by atoms with E-state index in [-0.39, 0.29) is 5.56 Å². The Bertz CT molecular complexity index is 1020. The van der Waals surface area contributed by atoms with Crippen molar-refractivity contribution in [3.63, 3.8) is 0 Å². The zero-order chi connectivity index (χ0) is 22.6. The number of alkyl halides is 3. The number of amides is 1. The third kappa shape index (κ3) is 6.74. The molecule has 0 atom stereocenters. The Morgan fingerprint density at radius 1 is 1.10 bits per heavy atom. The second kappa shape index (κ2) is 9.75. The van der Waals surface area contributed by atoms with Gasteiger partial charge in [0.25, 0.3) is 5.91 Å². The van der Waals surface area contributed by atoms with Crippen molar-refractivity contribution in [2.75, 3.05) is 30.9 Å². The summed E-state index contributed by atoms with van der Waals surface area (Å²) in [6.45, 7) is 2.61. The minimum absolute atomic E-state index is 0.0331. The predicted octanol–water partition coefficient (Wildman–Crippen LogP) is 3.13. The molecule has 1 heterocycles. The van der Waals surface area contributed by atoms with E-state index in [9.17, 15) is 26.4 Å². The number of carbonyl (C=O) groups excluding carboxylic acids is 1. The van der Waals surface area contributed by atoms with Gasteiger partial charge < -0.3 is 9.64 Å². The number of ether oxygens (including phenoxy) is 1. The third-order valence-corrected chi connectivity index (χ3v) is 5.28. The average molecular weight is 478 g/mol. The lowest BCUT2D eigenvalue weighted by molar-refractivity contribution is -0.274. The molecule has 0 aromatic heterocycles. The van der Waals surface area contributed by atoms with E-state index in [4.69, 9.17) is 11.6 Å². The molecule has 0 saturated carbocycles. The van der Waals surface area contributed by atoms with Gasteiger partial charge in [-0.2, -0.15) is 0 Å². The van der Waals surface area contributed by atoms with Gasteiger partial charge in [-0.25, -0.2) is 8.42 Å². The number of anilines is 1. The van der Waals surface area contributed by atoms with Crippen molar-refractivity contribution in [2.45, 2.75) is 12.9 Å². The Kier molecular flexibility index (Phi) is 7.29. The maximum atomic E-state index is 12.8. The first kappa shape index (κ1) is 23.2. The van der Waals surface area contributed by atoms with Crippen molar-refractivity contribution in [3.05, 3.63) is 58.6 Å². The first-order valence-corrected chi connectivity index (χ1v) is 10.7. The van der Waals surface area contributed by atoms with Crippen LogP contribution in [0, 0.1) is 0 Å². The van der Waals surface area contributed by atoms with Crippen molar-refractivity contribution in [1.82, 2.24) is 9.80 Å². The quantitative estimate of drug-likeness (QED) is 0.625. The third-order valence-electron chi connectivity index (χ3n) is 4.62. The SMILES string of the molecule is O=C(c1ccc(N[SH](=O)=O)c(OC(F)(F)F)c1)N1CCN(Cc2cccc(Cl)c2)CC1. The molecule has 31 heavy (non-hydrogen) atoms. The van der Waals surface area contributed by atoms with Crippen molar-refractivity contribution < 1.29 is 31.1 Å². The number of halogens is 4. The molecule has 1 N–H and O–H groups in total. The van der Waals surface area contributed by atoms with Gasteiger partial charge in [-0.1, -0.05) is 23.7 Å². The fourth-order valence-electron chi connectivity index (χ4n) is 3.24. The van der Waals surface area contributed by atoms with Crippen LogP contribution < -0.4 is 9.46 Å². The molecule has 7 nitrogen and oxygen atoms in total. The molecule has 168 valence electrons. The molecule has 0 bridgehead atoms. The number of benzene rings is 2. The summed E-state index contributed by atoms with van der Waals surface area (Å²) in [7, 11) is -3.21. The van der Waals surface area contributed by atoms with Crippen LogP contribution in [0.25, 0.3) is 0 Å². The molecule has 2 aromatic rings. The molecule has 3 rings (SSSR count). The number of hydrogen-bond acceptors (Lipinski definition) is 5. The van der Waals surface area contributed by atoms with E-state index in [1.807, 2.05) is 22.9 Å². The van der Waals surface area contributed by atoms with Crippen LogP contribution in [0.4, 0.5) is 18.9 Å². The van der Waals surface area contributed by atoms with E-state index in [0.29, 0.717) is 37.7 Å². The molecule has 0 spiro atoms. The molecule has 1 aliphatic heterocycles. The summed E-state index contributed by atoms with van der Waals surface area (Å²) >= 11 is 6.00. The van der Waals surface area contributed by atoms with Crippen LogP contribution in [0.3, 0.4) is 0 Å². The summed E-state index contributed by atoms with van der Waals surface area (Å²) in [4.78, 5) is 16.4. The second-order valence-corrected chi connectivity index (χ2v) is 8.00. The van der Waals surface area contributed by atoms with Crippen LogP contribution in [0.15, 0.2) is 42.5 Å². The molecule has 0 aliphatic carbocycles. The average Bonchev–Trinajstić information content (AvgIpc) is 2.68. The molecule has 2 aromatic carbocycles. The second-order valence-electron chi connectivity index (χ2n) is 6.83. The summed E-state index contributed by atoms with van der Waals surface area (Å²) in [6, 6.07) is 10.7. The number of nitrogens with one attached hydrogen (secondary N) is 1. The van der Waals surface area contributed by atoms with Crippen molar-refractivity contribution in [1.29, 1.82) is 0 Å². The van der Waals surface area contributed by atoms with Crippen LogP contribution in [-0.2, 0) is 17.4 Å². The number of piperazine rings is 1. The van der Waals surface area contributed by atoms with Gasteiger partial charge in [0.2, 0.25) is 10.9 Å². The van der Waals surface area contributed by atoms with E-state index >= 15 is 0 Å². The molecule has 12 heteroatoms. The van der Waals surface area contributed by atoms with Gasteiger partial charge in [-0.05, 0) is 35.9 Å². The molecule has 1 amide bonds. The molecule has 0 radical (unpaired) electrons. The van der Waals surface area contributed by atoms with E-state index in [1.54, 1.807) is 6.07 Å². The first-order chi connectivity index (χ1) is 14.6. The highest BCUT2D eigenvalue weighted by Crippen LogP contribution is 2.32. The maximum Gasteiger partial charge on any atom is 0.573 e. The van der Waals surface area contributed by atoms with Gasteiger partial charge in [-0.3, -0.25) is 14.4 Å². The lowest BCUT2D eigenvalue weighted by Crippen LogP contribution is -2.48. The summed E-state index contributed by atoms with van der Waals surface area (Å²) < 4.78 is 65.5. The summed E-state index contributed by atoms with van der Waals surface area (Å²) in [5.74, 6) is -1.26. The number of rotatable bonds is 6. The molecular weight excluding hydrogens is 459 g/mol. The van der Waals surface area contributed by atoms with Crippen molar-refractivity contribution in [3.8, 4) is 5.75 Å². The Hall–Kier alpha value is -2.50. The smallest absolute Gasteiger partial charge is 0.404 e. The molecule has 1 saturated heterocycles. The van der Waals surface area contributed by atoms with Gasteiger partial charge in [0.15, 0.2) is 5.75 Å². The highest BCUT2D eigenvalue weighted by molar-refractivity contribution is 7.73. The monoisotopic (exact) mass is 477 g/mol. The first-order valence-electron chi connectivity index (χ1n) is 9.17. The maximum absolute atomic E-state index is 12.8. The Labute approximate surface area is 183 Å². The predicted molar refractivity (Wildman–Crippen MR) is 110 cm³/mol. The Morgan fingerprint density at radius 2 is 1.81 bits per heavy atom. The molecular formula is C19H19ClF3N3O4S. The van der Waals surface area contributed by atoms with Gasteiger partial charge in [0, 0.05) is 43.3 Å². The largest absolute Gasteiger partial charge is 0.573 e. The lowest BCUT2D eigenvalue weighted by Gasteiger charge is -2.35. The van der Waals surface area contributed by atoms with E-state index in [1.165, 1.54) is 11.0 Å². The van der Waals surface area contributed by atoms with Crippen molar-refractivity contribution in [2.24, 2.45) is 0 Å². The number of thiol groups is 1. The zero-order valence-electron chi connectivity index (χ0n) is 16.1. The number of carbonyl (C=O) groups is 1. The number of nitrogens with zero attached hydrogens (tertiary/aromatic N) is 2. The van der Waals surface area contributed by atoms with Crippen LogP contribution >= 0.6 is 11.6 Å². The van der Waals surface area contributed by atoms with Crippen LogP contribution in [0.5, 0.6) is 5.75 Å². The highest BCUT2D eigenvalue weighted by atomic mass is 35.5. The summed E-state index contributed by atoms with van der Waals surface area (Å²) in [5, 5.41) is 0.641. The van der Waals surface area contributed by atoms with Gasteiger partial charge in [-0.15, -0.1) is 13.2 Å². The highest BCUT2D eigenvalue weighted by Gasteiger charge is 2.33. The molecule has 1 fully saturated rings. The van der Waals surface area contributed by atoms with Crippen molar-refractivity contribution >= 4 is 34.1 Å². The minimum Gasteiger partial charge on any atom is -0.404 e. The normalized spacial score (nSPS) is 15.2. The Balaban J connectivity index is 1.67. The molecule has 1 aliphatic rings. The minimum atomic E-state index is -5.04. The van der Waals surface area contributed by atoms with Crippen LogP contribution in [0.1, 0.15) is 15.9 Å². The zero-order valence-corrected chi connectivity index (χ0v) is 17.7. The summed E-state index contributed by atoms with van der Waals surface area (Å²) in [5.41, 5.74) is 0.603. The fourth-order valence-corrected chi connectivity index (χ4v) is 3.83. The van der Waals surface area contributed by atoms with Gasteiger partial charge in [0.1, 0.15) is 0 Å². The lowest BCUT2D eigenvalue weighted by atomic mass is 10.1. The van der Waals surface area contributed by atoms with Crippen LogP contribution in [0.2, 0.25) is 5.02 Å². The molecule has 0 unspecified atom stereocenters. The number of hydrogen-bond donors (Lipinski definition) is 2. The van der Waals surface area contributed by atoms with Gasteiger partial charge in [0.05, 0.1) is 5.69 Å². The Morgan fingerprint density at radius 3 is 2.42 bits per heavy atom.